The first kappa shape index (κ1) is 10.6. The number of nitrogens with zero attached hydrogens (tertiary/aromatic N) is 1. The van der Waals surface area contributed by atoms with E-state index in [4.69, 9.17) is 4.42 Å². The molecule has 0 radical (unpaired) electrons. The Morgan fingerprint density at radius 2 is 2.06 bits per heavy atom. The molecular weight excluding hydrogens is 242 g/mol. The van der Waals surface area contributed by atoms with Crippen LogP contribution in [0, 0.1) is 0 Å². The second-order valence-electron chi connectivity index (χ2n) is 4.26. The monoisotopic (exact) mass is 253 g/mol. The van der Waals surface area contributed by atoms with E-state index in [2.05, 4.69) is 0 Å². The number of fused-ring (bicyclic) bond motifs is 1. The number of hydrogen-bond acceptors (Lipinski definition) is 4. The topological polar surface area (TPSA) is 69.3 Å². The fourth-order valence-corrected chi connectivity index (χ4v) is 4.01. The van der Waals surface area contributed by atoms with Crippen molar-refractivity contribution in [3.8, 4) is 0 Å². The highest BCUT2D eigenvalue weighted by atomic mass is 32.2. The lowest BCUT2D eigenvalue weighted by atomic mass is 10.2. The number of sulfone groups is 1. The molecule has 0 amide bonds. The van der Waals surface area contributed by atoms with E-state index in [-0.39, 0.29) is 17.5 Å². The molecule has 0 spiro atoms. The lowest BCUT2D eigenvalue weighted by Crippen LogP contribution is -2.21. The van der Waals surface area contributed by atoms with Crippen LogP contribution in [0.4, 0.5) is 0 Å². The van der Waals surface area contributed by atoms with Crippen LogP contribution in [-0.2, 0) is 9.84 Å². The molecule has 5 nitrogen and oxygen atoms in total. The molecule has 0 N–H and O–H groups in total. The van der Waals surface area contributed by atoms with E-state index in [0.29, 0.717) is 17.5 Å². The van der Waals surface area contributed by atoms with Crippen LogP contribution in [0.25, 0.3) is 11.1 Å². The first-order valence-electron chi connectivity index (χ1n) is 5.37. The Balaban J connectivity index is 2.18. The van der Waals surface area contributed by atoms with Gasteiger partial charge in [-0.15, -0.1) is 0 Å². The van der Waals surface area contributed by atoms with Crippen molar-refractivity contribution in [3.63, 3.8) is 0 Å². The van der Waals surface area contributed by atoms with E-state index in [1.165, 1.54) is 4.57 Å². The van der Waals surface area contributed by atoms with Crippen LogP contribution in [0.5, 0.6) is 0 Å². The quantitative estimate of drug-likeness (QED) is 0.759. The Bertz CT molecular complexity index is 725. The second kappa shape index (κ2) is 3.46. The van der Waals surface area contributed by atoms with Crippen LogP contribution >= 0.6 is 0 Å². The predicted octanol–water partition coefficient (Wildman–Crippen LogP) is 0.954. The Morgan fingerprint density at radius 1 is 1.29 bits per heavy atom. The number of para-hydroxylation sites is 2. The average molecular weight is 253 g/mol. The molecule has 1 atom stereocenters. The molecule has 1 fully saturated rings. The normalized spacial score (nSPS) is 23.2. The molecule has 1 aliphatic heterocycles. The predicted molar refractivity (Wildman–Crippen MR) is 62.8 cm³/mol. The van der Waals surface area contributed by atoms with Crippen molar-refractivity contribution in [1.82, 2.24) is 4.57 Å². The van der Waals surface area contributed by atoms with Crippen LogP contribution in [0.1, 0.15) is 12.5 Å². The van der Waals surface area contributed by atoms with Crippen molar-refractivity contribution in [1.29, 1.82) is 0 Å². The summed E-state index contributed by atoms with van der Waals surface area (Å²) in [7, 11) is -3.01. The lowest BCUT2D eigenvalue weighted by molar-refractivity contribution is 0.464. The number of oxazole rings is 1. The van der Waals surface area contributed by atoms with Gasteiger partial charge in [-0.1, -0.05) is 12.1 Å². The van der Waals surface area contributed by atoms with Crippen molar-refractivity contribution in [2.24, 2.45) is 0 Å². The molecule has 0 saturated carbocycles. The highest BCUT2D eigenvalue weighted by Gasteiger charge is 2.31. The van der Waals surface area contributed by atoms with Crippen molar-refractivity contribution in [2.45, 2.75) is 12.5 Å². The minimum Gasteiger partial charge on any atom is -0.408 e. The standard InChI is InChI=1S/C11H11NO4S/c13-11-12(8-5-6-17(14,15)7-8)9-3-1-2-4-10(9)16-11/h1-4,8H,5-7H2. The average Bonchev–Trinajstić information content (AvgIpc) is 2.77. The highest BCUT2D eigenvalue weighted by Crippen LogP contribution is 2.26. The van der Waals surface area contributed by atoms with Crippen LogP contribution in [0.15, 0.2) is 33.5 Å². The number of benzene rings is 1. The Labute approximate surface area is 97.6 Å². The molecule has 2 aromatic rings. The van der Waals surface area contributed by atoms with Gasteiger partial charge in [-0.25, -0.2) is 13.2 Å². The van der Waals surface area contributed by atoms with Crippen LogP contribution in [-0.4, -0.2) is 24.5 Å². The van der Waals surface area contributed by atoms with Gasteiger partial charge in [-0.3, -0.25) is 4.57 Å². The van der Waals surface area contributed by atoms with Gasteiger partial charge >= 0.3 is 5.76 Å². The molecule has 1 unspecified atom stereocenters. The smallest absolute Gasteiger partial charge is 0.408 e. The van der Waals surface area contributed by atoms with Crippen molar-refractivity contribution in [3.05, 3.63) is 34.8 Å². The van der Waals surface area contributed by atoms with E-state index in [0.717, 1.165) is 0 Å². The molecular formula is C11H11NO4S. The van der Waals surface area contributed by atoms with Gasteiger partial charge in [0, 0.05) is 0 Å². The molecule has 2 heterocycles. The van der Waals surface area contributed by atoms with E-state index < -0.39 is 15.6 Å². The van der Waals surface area contributed by atoms with Gasteiger partial charge in [-0.2, -0.15) is 0 Å². The third kappa shape index (κ3) is 1.68. The zero-order valence-electron chi connectivity index (χ0n) is 9.00. The molecule has 3 rings (SSSR count). The van der Waals surface area contributed by atoms with Gasteiger partial charge in [0.2, 0.25) is 0 Å². The molecule has 90 valence electrons. The van der Waals surface area contributed by atoms with Gasteiger partial charge in [0.15, 0.2) is 15.4 Å². The third-order valence-electron chi connectivity index (χ3n) is 3.09. The van der Waals surface area contributed by atoms with Crippen molar-refractivity contribution >= 4 is 20.9 Å². The van der Waals surface area contributed by atoms with Gasteiger partial charge in [0.25, 0.3) is 0 Å². The van der Waals surface area contributed by atoms with E-state index in [1.807, 2.05) is 0 Å². The summed E-state index contributed by atoms with van der Waals surface area (Å²) >= 11 is 0. The minimum atomic E-state index is -3.01. The summed E-state index contributed by atoms with van der Waals surface area (Å²) in [4.78, 5) is 11.7. The molecule has 1 aliphatic rings. The Morgan fingerprint density at radius 3 is 2.76 bits per heavy atom. The molecule has 1 saturated heterocycles. The van der Waals surface area contributed by atoms with Gasteiger partial charge in [0.1, 0.15) is 0 Å². The summed E-state index contributed by atoms with van der Waals surface area (Å²) in [5, 5.41) is 0. The van der Waals surface area contributed by atoms with Gasteiger partial charge < -0.3 is 4.42 Å². The highest BCUT2D eigenvalue weighted by molar-refractivity contribution is 7.91. The zero-order chi connectivity index (χ0) is 12.0. The maximum Gasteiger partial charge on any atom is 0.420 e. The minimum absolute atomic E-state index is 0.0242. The SMILES string of the molecule is O=c1oc2ccccc2n1C1CCS(=O)(=O)C1. The van der Waals surface area contributed by atoms with Crippen LogP contribution in [0.3, 0.4) is 0 Å². The first-order valence-corrected chi connectivity index (χ1v) is 7.19. The summed E-state index contributed by atoms with van der Waals surface area (Å²) in [6.07, 6.45) is 0.478. The van der Waals surface area contributed by atoms with Crippen LogP contribution < -0.4 is 5.76 Å². The number of aromatic nitrogens is 1. The second-order valence-corrected chi connectivity index (χ2v) is 6.49. The number of rotatable bonds is 1. The molecule has 6 heteroatoms. The fraction of sp³-hybridized carbons (Fsp3) is 0.364. The largest absolute Gasteiger partial charge is 0.420 e. The van der Waals surface area contributed by atoms with E-state index >= 15 is 0 Å². The van der Waals surface area contributed by atoms with E-state index in [9.17, 15) is 13.2 Å². The summed E-state index contributed by atoms with van der Waals surface area (Å²) in [6.45, 7) is 0. The van der Waals surface area contributed by atoms with E-state index in [1.54, 1.807) is 24.3 Å². The van der Waals surface area contributed by atoms with Gasteiger partial charge in [-0.05, 0) is 18.6 Å². The van der Waals surface area contributed by atoms with Crippen molar-refractivity contribution in [2.75, 3.05) is 11.5 Å². The maximum atomic E-state index is 11.7. The lowest BCUT2D eigenvalue weighted by Gasteiger charge is -2.07. The summed E-state index contributed by atoms with van der Waals surface area (Å²) in [6, 6.07) is 6.76. The summed E-state index contributed by atoms with van der Waals surface area (Å²) in [5.41, 5.74) is 1.17. The zero-order valence-corrected chi connectivity index (χ0v) is 9.81. The summed E-state index contributed by atoms with van der Waals surface area (Å²) in [5.74, 6) is -0.312. The molecule has 17 heavy (non-hydrogen) atoms. The summed E-state index contributed by atoms with van der Waals surface area (Å²) < 4.78 is 29.4. The molecule has 0 bridgehead atoms. The fourth-order valence-electron chi connectivity index (χ4n) is 2.31. The van der Waals surface area contributed by atoms with Gasteiger partial charge in [0.05, 0.1) is 23.1 Å². The molecule has 0 aliphatic carbocycles. The molecule has 1 aromatic carbocycles. The number of hydrogen-bond donors (Lipinski definition) is 0. The molecule has 1 aromatic heterocycles. The Hall–Kier alpha value is -1.56. The first-order chi connectivity index (χ1) is 8.07. The van der Waals surface area contributed by atoms with Crippen molar-refractivity contribution < 1.29 is 12.8 Å². The third-order valence-corrected chi connectivity index (χ3v) is 4.84. The van der Waals surface area contributed by atoms with Crippen LogP contribution in [0.2, 0.25) is 0 Å². The Kier molecular flexibility index (Phi) is 2.16. The maximum absolute atomic E-state index is 11.7.